The molecule has 0 aromatic heterocycles. The molecule has 3 heterocycles. The number of hydrogen-bond donors (Lipinski definition) is 3. The number of rotatable bonds is 4. The van der Waals surface area contributed by atoms with Crippen LogP contribution in [0.4, 0.5) is 0 Å². The van der Waals surface area contributed by atoms with Gasteiger partial charge in [-0.3, -0.25) is 0 Å². The van der Waals surface area contributed by atoms with Crippen LogP contribution in [0, 0.1) is 5.92 Å². The summed E-state index contributed by atoms with van der Waals surface area (Å²) >= 11 is -1.31. The van der Waals surface area contributed by atoms with Gasteiger partial charge in [0.25, 0.3) is 0 Å². The summed E-state index contributed by atoms with van der Waals surface area (Å²) in [6, 6.07) is 0. The maximum atomic E-state index is 13.0. The first-order chi connectivity index (χ1) is 10.7. The molecule has 3 aliphatic heterocycles. The summed E-state index contributed by atoms with van der Waals surface area (Å²) in [5.74, 6) is 0.705. The third-order valence-corrected chi connectivity index (χ3v) is 14.5. The van der Waals surface area contributed by atoms with E-state index < -0.39 is 20.4 Å². The van der Waals surface area contributed by atoms with Gasteiger partial charge in [0.1, 0.15) is 0 Å². The normalized spacial score (nSPS) is 40.1. The Labute approximate surface area is 150 Å². The maximum absolute atomic E-state index is 13.0. The van der Waals surface area contributed by atoms with Gasteiger partial charge in [-0.2, -0.15) is 0 Å². The Balaban J connectivity index is 1.36. The summed E-state index contributed by atoms with van der Waals surface area (Å²) in [5.41, 5.74) is -0.129. The van der Waals surface area contributed by atoms with Crippen LogP contribution >= 0.6 is 20.4 Å². The average Bonchev–Trinajstić information content (AvgIpc) is 3.40. The molecule has 5 nitrogen and oxygen atoms in total. The zero-order valence-electron chi connectivity index (χ0n) is 12.7. The molecule has 0 spiro atoms. The SMILES string of the molecule is O=C(OC1(C2CCCCC2)CCCCC1)C1(C23NI2N3)N[I-]1. The molecule has 2 saturated carbocycles. The summed E-state index contributed by atoms with van der Waals surface area (Å²) < 4.78 is 16.7. The first-order valence-electron chi connectivity index (χ1n) is 8.62. The first-order valence-corrected chi connectivity index (χ1v) is 14.0. The van der Waals surface area contributed by atoms with Crippen molar-refractivity contribution in [2.45, 2.75) is 77.0 Å². The van der Waals surface area contributed by atoms with Crippen molar-refractivity contribution < 1.29 is 31.0 Å². The van der Waals surface area contributed by atoms with Crippen molar-refractivity contribution >= 4 is 26.3 Å². The molecule has 0 aromatic rings. The molecule has 7 heteroatoms. The van der Waals surface area contributed by atoms with Crippen molar-refractivity contribution in [2.75, 3.05) is 0 Å². The Kier molecular flexibility index (Phi) is 3.54. The van der Waals surface area contributed by atoms with Gasteiger partial charge in [-0.25, -0.2) is 0 Å². The number of esters is 1. The molecule has 2 aliphatic carbocycles. The topological polar surface area (TPSA) is 92.1 Å². The molecule has 0 aromatic carbocycles. The van der Waals surface area contributed by atoms with Crippen LogP contribution in [-0.2, 0) is 9.53 Å². The fraction of sp³-hybridized carbons (Fsp3) is 0.933. The van der Waals surface area contributed by atoms with E-state index >= 15 is 0 Å². The minimum absolute atomic E-state index is 0.0453. The van der Waals surface area contributed by atoms with E-state index in [1.807, 2.05) is 0 Å². The van der Waals surface area contributed by atoms with Crippen LogP contribution in [0.2, 0.25) is 0 Å². The van der Waals surface area contributed by atoms with Gasteiger partial charge in [0.15, 0.2) is 0 Å². The number of carbonyl (C=O) groups excluding carboxylic acids is 1. The van der Waals surface area contributed by atoms with E-state index in [2.05, 4.69) is 10.6 Å². The quantitative estimate of drug-likeness (QED) is 0.112. The van der Waals surface area contributed by atoms with Crippen molar-refractivity contribution in [1.82, 2.24) is 10.6 Å². The summed E-state index contributed by atoms with van der Waals surface area (Å²) in [4.78, 5) is 13.0. The van der Waals surface area contributed by atoms with Crippen LogP contribution in [-0.4, -0.2) is 18.8 Å². The second-order valence-electron chi connectivity index (χ2n) is 7.33. The Morgan fingerprint density at radius 1 is 1.05 bits per heavy atom. The molecular weight excluding hydrogens is 508 g/mol. The van der Waals surface area contributed by atoms with Crippen LogP contribution in [0.15, 0.2) is 0 Å². The minimum atomic E-state index is -1.09. The zero-order chi connectivity index (χ0) is 14.8. The molecule has 3 N–H and O–H groups in total. The Bertz CT molecular complexity index is 493. The van der Waals surface area contributed by atoms with Gasteiger partial charge in [0.2, 0.25) is 0 Å². The third-order valence-electron chi connectivity index (χ3n) is 6.05. The predicted octanol–water partition coefficient (Wildman–Crippen LogP) is -0.687. The third kappa shape index (κ3) is 2.14. The van der Waals surface area contributed by atoms with Crippen molar-refractivity contribution in [3.05, 3.63) is 0 Å². The molecular formula is C15H24I2N3O2-. The standard InChI is InChI=1S/C15H24I2N3O2/c21-12(14(16-18-14)15-17(19-15)20-15)22-13(9-5-2-6-10-13)11-7-3-1-4-8-11/h11,18-20H,1-10H2/q-1. The first kappa shape index (κ1) is 15.1. The van der Waals surface area contributed by atoms with E-state index in [4.69, 9.17) is 4.74 Å². The fourth-order valence-corrected chi connectivity index (χ4v) is 14.5. The molecule has 1 unspecified atom stereocenters. The number of fused-ring (bicyclic) bond motifs is 1. The average molecular weight is 532 g/mol. The summed E-state index contributed by atoms with van der Waals surface area (Å²) in [6.07, 6.45) is 12.5. The van der Waals surface area contributed by atoms with Crippen LogP contribution in [0.5, 0.6) is 0 Å². The molecule has 0 bridgehead atoms. The van der Waals surface area contributed by atoms with Crippen molar-refractivity contribution in [2.24, 2.45) is 5.92 Å². The van der Waals surface area contributed by atoms with E-state index in [1.54, 1.807) is 0 Å². The van der Waals surface area contributed by atoms with Crippen molar-refractivity contribution in [3.63, 3.8) is 0 Å². The number of hydrogen-bond acceptors (Lipinski definition) is 5. The van der Waals surface area contributed by atoms with E-state index in [-0.39, 0.29) is 40.3 Å². The number of ether oxygens (including phenoxy) is 1. The number of alkyl halides is 2. The second kappa shape index (κ2) is 5.15. The van der Waals surface area contributed by atoms with Crippen LogP contribution in [0.1, 0.15) is 64.2 Å². The van der Waals surface area contributed by atoms with E-state index in [0.717, 1.165) is 12.8 Å². The molecule has 3 saturated heterocycles. The molecule has 126 valence electrons. The Hall–Kier alpha value is 0.810. The number of halogens is 2. The molecule has 5 fully saturated rings. The van der Waals surface area contributed by atoms with Gasteiger partial charge >= 0.3 is 151 Å². The van der Waals surface area contributed by atoms with Crippen molar-refractivity contribution in [1.29, 1.82) is 0 Å². The van der Waals surface area contributed by atoms with Crippen LogP contribution < -0.4 is 32.1 Å². The van der Waals surface area contributed by atoms with Gasteiger partial charge in [0.05, 0.1) is 0 Å². The fourth-order valence-electron chi connectivity index (χ4n) is 4.51. The van der Waals surface area contributed by atoms with E-state index in [9.17, 15) is 4.79 Å². The monoisotopic (exact) mass is 532 g/mol. The van der Waals surface area contributed by atoms with Gasteiger partial charge < -0.3 is 0 Å². The zero-order valence-corrected chi connectivity index (χ0v) is 17.0. The van der Waals surface area contributed by atoms with Crippen LogP contribution in [0.3, 0.4) is 0 Å². The summed E-state index contributed by atoms with van der Waals surface area (Å²) in [6.45, 7) is 0. The van der Waals surface area contributed by atoms with Crippen LogP contribution in [0.25, 0.3) is 0 Å². The van der Waals surface area contributed by atoms with Gasteiger partial charge in [-0.15, -0.1) is 0 Å². The molecule has 0 radical (unpaired) electrons. The molecule has 0 amide bonds. The number of nitrogens with one attached hydrogen (secondary N) is 3. The van der Waals surface area contributed by atoms with E-state index in [0.29, 0.717) is 5.92 Å². The molecule has 5 aliphatic rings. The Morgan fingerprint density at radius 2 is 1.64 bits per heavy atom. The molecule has 1 atom stereocenters. The summed E-state index contributed by atoms with van der Waals surface area (Å²) in [5, 5.41) is 0. The van der Waals surface area contributed by atoms with Gasteiger partial charge in [0, 0.05) is 0 Å². The van der Waals surface area contributed by atoms with E-state index in [1.165, 1.54) is 51.4 Å². The van der Waals surface area contributed by atoms with Crippen molar-refractivity contribution in [3.8, 4) is 0 Å². The molecule has 5 rings (SSSR count). The number of carbonyl (C=O) groups is 1. The van der Waals surface area contributed by atoms with Gasteiger partial charge in [-0.1, -0.05) is 0 Å². The predicted molar refractivity (Wildman–Crippen MR) is 87.4 cm³/mol. The molecule has 22 heavy (non-hydrogen) atoms. The summed E-state index contributed by atoms with van der Waals surface area (Å²) in [7, 11) is 0. The van der Waals surface area contributed by atoms with Gasteiger partial charge in [-0.05, 0) is 0 Å². The second-order valence-corrected chi connectivity index (χ2v) is 14.3. The Morgan fingerprint density at radius 3 is 2.18 bits per heavy atom.